The monoisotopic (exact) mass is 227 g/mol. The number of carbonyl (C=O) groups excluding carboxylic acids is 1. The number of hydrogen-bond acceptors (Lipinski definition) is 2. The number of rotatable bonds is 5. The van der Waals surface area contributed by atoms with Gasteiger partial charge >= 0.3 is 0 Å². The standard InChI is InChI=1S/C15H17NO/c1-12(7-6-10-16)15(11-13(2)17)14-8-4-3-5-9-14/h3-9,12,15H,11H2,1-2H3/b7-6-/t12-,15+/m0/s1. The molecule has 0 bridgehead atoms. The van der Waals surface area contributed by atoms with Gasteiger partial charge in [0.15, 0.2) is 0 Å². The van der Waals surface area contributed by atoms with Gasteiger partial charge in [-0.2, -0.15) is 5.26 Å². The number of allylic oxidation sites excluding steroid dienone is 2. The third-order valence-corrected chi connectivity index (χ3v) is 2.84. The Morgan fingerprint density at radius 3 is 2.59 bits per heavy atom. The molecule has 2 heteroatoms. The van der Waals surface area contributed by atoms with E-state index in [1.165, 1.54) is 6.08 Å². The quantitative estimate of drug-likeness (QED) is 0.723. The first-order chi connectivity index (χ1) is 8.15. The maximum absolute atomic E-state index is 11.3. The Bertz CT molecular complexity index is 428. The van der Waals surface area contributed by atoms with Crippen molar-refractivity contribution in [1.82, 2.24) is 0 Å². The Balaban J connectivity index is 2.92. The van der Waals surface area contributed by atoms with Crippen molar-refractivity contribution < 1.29 is 4.79 Å². The van der Waals surface area contributed by atoms with Crippen molar-refractivity contribution in [2.75, 3.05) is 0 Å². The highest BCUT2D eigenvalue weighted by molar-refractivity contribution is 5.76. The molecule has 0 N–H and O–H groups in total. The Kier molecular flexibility index (Phi) is 5.16. The van der Waals surface area contributed by atoms with Gasteiger partial charge in [0, 0.05) is 12.5 Å². The molecule has 0 aromatic heterocycles. The predicted octanol–water partition coefficient (Wildman–Crippen LogP) is 3.47. The lowest BCUT2D eigenvalue weighted by molar-refractivity contribution is -0.117. The van der Waals surface area contributed by atoms with Gasteiger partial charge in [0.2, 0.25) is 0 Å². The lowest BCUT2D eigenvalue weighted by atomic mass is 9.83. The van der Waals surface area contributed by atoms with Crippen molar-refractivity contribution in [3.63, 3.8) is 0 Å². The molecule has 0 unspecified atom stereocenters. The fourth-order valence-electron chi connectivity index (χ4n) is 1.95. The van der Waals surface area contributed by atoms with E-state index in [0.29, 0.717) is 6.42 Å². The van der Waals surface area contributed by atoms with Crippen molar-refractivity contribution in [3.8, 4) is 6.07 Å². The fourth-order valence-corrected chi connectivity index (χ4v) is 1.95. The number of Topliss-reactive ketones (excluding diaryl/α,β-unsaturated/α-hetero) is 1. The Hall–Kier alpha value is -1.88. The molecule has 1 aromatic carbocycles. The molecule has 0 amide bonds. The summed E-state index contributed by atoms with van der Waals surface area (Å²) in [6.45, 7) is 3.64. The second-order valence-corrected chi connectivity index (χ2v) is 4.27. The van der Waals surface area contributed by atoms with Crippen LogP contribution < -0.4 is 0 Å². The molecule has 2 nitrogen and oxygen atoms in total. The van der Waals surface area contributed by atoms with Gasteiger partial charge < -0.3 is 4.79 Å². The number of nitrogens with zero attached hydrogens (tertiary/aromatic N) is 1. The molecule has 88 valence electrons. The molecule has 0 spiro atoms. The molecule has 1 rings (SSSR count). The topological polar surface area (TPSA) is 40.9 Å². The van der Waals surface area contributed by atoms with Gasteiger partial charge in [-0.15, -0.1) is 0 Å². The molecule has 2 atom stereocenters. The largest absolute Gasteiger partial charge is 0.300 e. The summed E-state index contributed by atoms with van der Waals surface area (Å²) in [7, 11) is 0. The van der Waals surface area contributed by atoms with Crippen LogP contribution in [0.15, 0.2) is 42.5 Å². The molecule has 17 heavy (non-hydrogen) atoms. The van der Waals surface area contributed by atoms with Crippen LogP contribution in [-0.4, -0.2) is 5.78 Å². The van der Waals surface area contributed by atoms with Crippen molar-refractivity contribution in [3.05, 3.63) is 48.0 Å². The highest BCUT2D eigenvalue weighted by atomic mass is 16.1. The van der Waals surface area contributed by atoms with Gasteiger partial charge in [0.25, 0.3) is 0 Å². The number of ketones is 1. The van der Waals surface area contributed by atoms with E-state index in [1.54, 1.807) is 6.92 Å². The molecule has 0 fully saturated rings. The Morgan fingerprint density at radius 2 is 2.06 bits per heavy atom. The zero-order valence-electron chi connectivity index (χ0n) is 10.3. The van der Waals surface area contributed by atoms with E-state index in [0.717, 1.165) is 5.56 Å². The molecule has 0 saturated carbocycles. The molecular weight excluding hydrogens is 210 g/mol. The van der Waals surface area contributed by atoms with Crippen LogP contribution in [0.4, 0.5) is 0 Å². The van der Waals surface area contributed by atoms with Crippen LogP contribution in [0.3, 0.4) is 0 Å². The van der Waals surface area contributed by atoms with E-state index in [9.17, 15) is 4.79 Å². The van der Waals surface area contributed by atoms with E-state index >= 15 is 0 Å². The summed E-state index contributed by atoms with van der Waals surface area (Å²) in [4.78, 5) is 11.3. The van der Waals surface area contributed by atoms with Crippen molar-refractivity contribution in [2.24, 2.45) is 5.92 Å². The third kappa shape index (κ3) is 4.24. The van der Waals surface area contributed by atoms with E-state index in [-0.39, 0.29) is 17.6 Å². The summed E-state index contributed by atoms with van der Waals surface area (Å²) in [6.07, 6.45) is 3.86. The molecular formula is C15H17NO. The first kappa shape index (κ1) is 13.2. The van der Waals surface area contributed by atoms with Crippen LogP contribution in [0.1, 0.15) is 31.7 Å². The van der Waals surface area contributed by atoms with Gasteiger partial charge in [-0.05, 0) is 24.3 Å². The van der Waals surface area contributed by atoms with Crippen molar-refractivity contribution in [1.29, 1.82) is 5.26 Å². The second-order valence-electron chi connectivity index (χ2n) is 4.27. The van der Waals surface area contributed by atoms with Crippen LogP contribution in [0, 0.1) is 17.2 Å². The van der Waals surface area contributed by atoms with Crippen LogP contribution in [0.25, 0.3) is 0 Å². The van der Waals surface area contributed by atoms with Crippen molar-refractivity contribution >= 4 is 5.78 Å². The van der Waals surface area contributed by atoms with E-state index in [4.69, 9.17) is 5.26 Å². The average molecular weight is 227 g/mol. The molecule has 0 radical (unpaired) electrons. The average Bonchev–Trinajstić information content (AvgIpc) is 2.34. The number of carbonyl (C=O) groups is 1. The van der Waals surface area contributed by atoms with Gasteiger partial charge in [0.05, 0.1) is 6.07 Å². The summed E-state index contributed by atoms with van der Waals surface area (Å²) in [5.41, 5.74) is 1.15. The Morgan fingerprint density at radius 1 is 1.41 bits per heavy atom. The number of benzene rings is 1. The SMILES string of the molecule is CC(=O)C[C@@H](c1ccccc1)[C@@H](C)/C=C\C#N. The summed E-state index contributed by atoms with van der Waals surface area (Å²) in [5.74, 6) is 0.510. The second kappa shape index (κ2) is 6.65. The van der Waals surface area contributed by atoms with Crippen LogP contribution in [0.5, 0.6) is 0 Å². The van der Waals surface area contributed by atoms with Gasteiger partial charge in [-0.25, -0.2) is 0 Å². The normalized spacial score (nSPS) is 14.2. The first-order valence-electron chi connectivity index (χ1n) is 5.75. The van der Waals surface area contributed by atoms with Crippen LogP contribution >= 0.6 is 0 Å². The lowest BCUT2D eigenvalue weighted by Gasteiger charge is -2.20. The summed E-state index contributed by atoms with van der Waals surface area (Å²) >= 11 is 0. The maximum atomic E-state index is 11.3. The number of nitriles is 1. The molecule has 0 saturated heterocycles. The van der Waals surface area contributed by atoms with E-state index in [1.807, 2.05) is 49.4 Å². The molecule has 0 aliphatic rings. The van der Waals surface area contributed by atoms with E-state index in [2.05, 4.69) is 0 Å². The van der Waals surface area contributed by atoms with Gasteiger partial charge in [-0.3, -0.25) is 0 Å². The number of hydrogen-bond donors (Lipinski definition) is 0. The van der Waals surface area contributed by atoms with E-state index < -0.39 is 0 Å². The zero-order valence-corrected chi connectivity index (χ0v) is 10.3. The molecule has 1 aromatic rings. The predicted molar refractivity (Wildman–Crippen MR) is 68.4 cm³/mol. The van der Waals surface area contributed by atoms with Crippen LogP contribution in [0.2, 0.25) is 0 Å². The van der Waals surface area contributed by atoms with Gasteiger partial charge in [0.1, 0.15) is 5.78 Å². The fraction of sp³-hybridized carbons (Fsp3) is 0.333. The minimum Gasteiger partial charge on any atom is -0.300 e. The zero-order chi connectivity index (χ0) is 12.7. The molecule has 0 aliphatic carbocycles. The minimum atomic E-state index is 0.151. The summed E-state index contributed by atoms with van der Waals surface area (Å²) in [5, 5.41) is 8.55. The third-order valence-electron chi connectivity index (χ3n) is 2.84. The molecule has 0 aliphatic heterocycles. The highest BCUT2D eigenvalue weighted by Gasteiger charge is 2.18. The molecule has 0 heterocycles. The summed E-state index contributed by atoms with van der Waals surface area (Å²) < 4.78 is 0. The van der Waals surface area contributed by atoms with Crippen LogP contribution in [-0.2, 0) is 4.79 Å². The first-order valence-corrected chi connectivity index (χ1v) is 5.75. The minimum absolute atomic E-state index is 0.151. The van der Waals surface area contributed by atoms with Crippen molar-refractivity contribution in [2.45, 2.75) is 26.2 Å². The van der Waals surface area contributed by atoms with Gasteiger partial charge in [-0.1, -0.05) is 43.3 Å². The lowest BCUT2D eigenvalue weighted by Crippen LogP contribution is -2.11. The highest BCUT2D eigenvalue weighted by Crippen LogP contribution is 2.29. The summed E-state index contributed by atoms with van der Waals surface area (Å²) in [6, 6.07) is 12.0. The Labute approximate surface area is 103 Å². The maximum Gasteiger partial charge on any atom is 0.130 e. The smallest absolute Gasteiger partial charge is 0.130 e.